The largest absolute Gasteiger partial charge is 0.369 e. The molecule has 2 N–H and O–H groups in total. The fourth-order valence-corrected chi connectivity index (χ4v) is 4.14. The van der Waals surface area contributed by atoms with Gasteiger partial charge in [0, 0.05) is 56.9 Å². The summed E-state index contributed by atoms with van der Waals surface area (Å²) in [5.74, 6) is -0.464. The first-order valence-corrected chi connectivity index (χ1v) is 12.0. The van der Waals surface area contributed by atoms with Crippen LogP contribution in [0.3, 0.4) is 0 Å². The summed E-state index contributed by atoms with van der Waals surface area (Å²) < 4.78 is 32.9. The zero-order valence-electron chi connectivity index (χ0n) is 21.1. The minimum atomic E-state index is -0.455. The van der Waals surface area contributed by atoms with E-state index in [2.05, 4.69) is 32.5 Å². The quantitative estimate of drug-likeness (QED) is 0.419. The molecule has 1 saturated heterocycles. The van der Waals surface area contributed by atoms with Gasteiger partial charge in [-0.2, -0.15) is 5.10 Å². The first kappa shape index (κ1) is 25.4. The monoisotopic (exact) mass is 471 g/mol. The van der Waals surface area contributed by atoms with Crippen molar-refractivity contribution in [3.05, 3.63) is 47.9 Å². The van der Waals surface area contributed by atoms with Crippen LogP contribution in [0.5, 0.6) is 0 Å². The maximum Gasteiger partial charge on any atom is 0.173 e. The number of hydrogen-bond donors (Lipinski definition) is 2. The molecule has 0 amide bonds. The Balaban J connectivity index is 0.000000771. The van der Waals surface area contributed by atoms with Crippen molar-refractivity contribution >= 4 is 33.7 Å². The number of piperazine rings is 1. The van der Waals surface area contributed by atoms with Gasteiger partial charge < -0.3 is 19.9 Å². The third kappa shape index (κ3) is 4.99. The maximum absolute atomic E-state index is 15.2. The fraction of sp³-hybridized carbons (Fsp3) is 0.440. The highest BCUT2D eigenvalue weighted by Crippen LogP contribution is 2.32. The Bertz CT molecular complexity index is 1260. The minimum Gasteiger partial charge on any atom is -0.369 e. The van der Waals surface area contributed by atoms with E-state index in [1.54, 1.807) is 41.5 Å². The molecule has 4 aromatic rings. The van der Waals surface area contributed by atoms with Crippen LogP contribution in [0.25, 0.3) is 16.6 Å². The lowest BCUT2D eigenvalue weighted by Crippen LogP contribution is -2.49. The number of aromatic nitrogens is 4. The Morgan fingerprint density at radius 1 is 1.06 bits per heavy atom. The van der Waals surface area contributed by atoms with E-state index in [1.165, 1.54) is 6.07 Å². The molecule has 1 aliphatic rings. The number of anilines is 3. The molecular weight excluding hydrogens is 436 g/mol. The number of hydrogen-bond acceptors (Lipinski definition) is 5. The van der Waals surface area contributed by atoms with Crippen LogP contribution < -0.4 is 15.5 Å². The summed E-state index contributed by atoms with van der Waals surface area (Å²) in [5, 5.41) is 11.3. The Hall–Kier alpha value is -3.20. The molecule has 0 bridgehead atoms. The standard InChI is InChI=1S/C21H23F2N7.2C2H6/c1-12-9-29(5-4-24-12)15-7-16(22)19-18(8-15)28(3)27-20(19)26-14-6-17(23)21-25-13(2)10-30(21)11-14;2*1-2/h6-8,10-12,24H,4-5,9H2,1-3H3,(H,26,27);2*1-2H3. The summed E-state index contributed by atoms with van der Waals surface area (Å²) in [5.41, 5.74) is 2.96. The molecule has 0 aliphatic carbocycles. The van der Waals surface area contributed by atoms with Crippen molar-refractivity contribution in [2.24, 2.45) is 7.05 Å². The highest BCUT2D eigenvalue weighted by Gasteiger charge is 2.21. The highest BCUT2D eigenvalue weighted by molar-refractivity contribution is 5.94. The molecular formula is C25H35F2N7. The summed E-state index contributed by atoms with van der Waals surface area (Å²) in [4.78, 5) is 6.33. The lowest BCUT2D eigenvalue weighted by molar-refractivity contribution is 0.484. The number of fused-ring (bicyclic) bond motifs is 2. The second-order valence-corrected chi connectivity index (χ2v) is 7.91. The first-order valence-electron chi connectivity index (χ1n) is 12.0. The van der Waals surface area contributed by atoms with Gasteiger partial charge in [0.15, 0.2) is 17.3 Å². The van der Waals surface area contributed by atoms with E-state index < -0.39 is 5.82 Å². The fourth-order valence-electron chi connectivity index (χ4n) is 4.14. The molecule has 1 aromatic carbocycles. The highest BCUT2D eigenvalue weighted by atomic mass is 19.1. The molecule has 4 heterocycles. The van der Waals surface area contributed by atoms with Crippen molar-refractivity contribution in [1.82, 2.24) is 24.5 Å². The summed E-state index contributed by atoms with van der Waals surface area (Å²) >= 11 is 0. The molecule has 1 fully saturated rings. The third-order valence-electron chi connectivity index (χ3n) is 5.51. The molecule has 1 atom stereocenters. The number of imidazole rings is 1. The van der Waals surface area contributed by atoms with E-state index in [-0.39, 0.29) is 11.5 Å². The molecule has 34 heavy (non-hydrogen) atoms. The van der Waals surface area contributed by atoms with Crippen LogP contribution in [0.1, 0.15) is 40.3 Å². The van der Waals surface area contributed by atoms with Crippen LogP contribution in [0, 0.1) is 18.6 Å². The Labute approximate surface area is 199 Å². The lowest BCUT2D eigenvalue weighted by atomic mass is 10.1. The van der Waals surface area contributed by atoms with Gasteiger partial charge in [-0.25, -0.2) is 13.8 Å². The van der Waals surface area contributed by atoms with Crippen LogP contribution in [0.15, 0.2) is 30.6 Å². The average Bonchev–Trinajstić information content (AvgIpc) is 3.36. The maximum atomic E-state index is 15.2. The summed E-state index contributed by atoms with van der Waals surface area (Å²) in [6.07, 6.45) is 3.45. The van der Waals surface area contributed by atoms with E-state index in [0.29, 0.717) is 28.5 Å². The second kappa shape index (κ2) is 10.8. The van der Waals surface area contributed by atoms with Gasteiger partial charge in [-0.15, -0.1) is 0 Å². The minimum absolute atomic E-state index is 0.255. The van der Waals surface area contributed by atoms with Gasteiger partial charge in [0.2, 0.25) is 0 Å². The van der Waals surface area contributed by atoms with Crippen LogP contribution in [-0.4, -0.2) is 44.8 Å². The van der Waals surface area contributed by atoms with Crippen LogP contribution in [0.2, 0.25) is 0 Å². The molecule has 0 saturated carbocycles. The molecule has 7 nitrogen and oxygen atoms in total. The Morgan fingerprint density at radius 3 is 2.50 bits per heavy atom. The zero-order chi connectivity index (χ0) is 25.0. The Kier molecular flexibility index (Phi) is 8.09. The topological polar surface area (TPSA) is 62.4 Å². The Morgan fingerprint density at radius 2 is 1.79 bits per heavy atom. The molecule has 0 radical (unpaired) electrons. The van der Waals surface area contributed by atoms with Crippen molar-refractivity contribution < 1.29 is 8.78 Å². The lowest BCUT2D eigenvalue weighted by Gasteiger charge is -2.33. The van der Waals surface area contributed by atoms with Crippen molar-refractivity contribution in [2.75, 3.05) is 29.9 Å². The molecule has 1 unspecified atom stereocenters. The predicted octanol–water partition coefficient (Wildman–Crippen LogP) is 5.40. The van der Waals surface area contributed by atoms with Crippen LogP contribution in [0.4, 0.5) is 26.0 Å². The predicted molar refractivity (Wildman–Crippen MR) is 136 cm³/mol. The molecule has 1 aliphatic heterocycles. The van der Waals surface area contributed by atoms with Gasteiger partial charge in [0.1, 0.15) is 5.82 Å². The van der Waals surface area contributed by atoms with Gasteiger partial charge in [0.05, 0.1) is 22.3 Å². The van der Waals surface area contributed by atoms with E-state index >= 15 is 4.39 Å². The van der Waals surface area contributed by atoms with E-state index in [0.717, 1.165) is 31.0 Å². The SMILES string of the molecule is CC.CC.Cc1cn2cc(Nc3nn(C)c4cc(N5CCNC(C)C5)cc(F)c34)cc(F)c2n1. The first-order chi connectivity index (χ1) is 16.4. The van der Waals surface area contributed by atoms with Gasteiger partial charge in [-0.3, -0.25) is 4.68 Å². The van der Waals surface area contributed by atoms with Crippen molar-refractivity contribution in [3.8, 4) is 0 Å². The molecule has 3 aromatic heterocycles. The zero-order valence-corrected chi connectivity index (χ0v) is 21.1. The van der Waals surface area contributed by atoms with E-state index in [4.69, 9.17) is 0 Å². The normalized spacial score (nSPS) is 15.6. The summed E-state index contributed by atoms with van der Waals surface area (Å²) in [6, 6.07) is 5.20. The van der Waals surface area contributed by atoms with Gasteiger partial charge >= 0.3 is 0 Å². The third-order valence-corrected chi connectivity index (χ3v) is 5.51. The number of nitrogens with one attached hydrogen (secondary N) is 2. The number of aryl methyl sites for hydroxylation is 2. The van der Waals surface area contributed by atoms with E-state index in [9.17, 15) is 4.39 Å². The van der Waals surface area contributed by atoms with Crippen LogP contribution >= 0.6 is 0 Å². The van der Waals surface area contributed by atoms with Gasteiger partial charge in [0.25, 0.3) is 0 Å². The van der Waals surface area contributed by atoms with Gasteiger partial charge in [-0.05, 0) is 26.0 Å². The molecule has 5 rings (SSSR count). The number of halogens is 2. The van der Waals surface area contributed by atoms with Crippen molar-refractivity contribution in [3.63, 3.8) is 0 Å². The van der Waals surface area contributed by atoms with Crippen molar-refractivity contribution in [1.29, 1.82) is 0 Å². The molecule has 0 spiro atoms. The molecule has 184 valence electrons. The average molecular weight is 472 g/mol. The number of pyridine rings is 1. The summed E-state index contributed by atoms with van der Waals surface area (Å²) in [6.45, 7) is 14.4. The number of benzene rings is 1. The second-order valence-electron chi connectivity index (χ2n) is 7.91. The van der Waals surface area contributed by atoms with Gasteiger partial charge in [-0.1, -0.05) is 27.7 Å². The number of nitrogens with zero attached hydrogens (tertiary/aromatic N) is 5. The van der Waals surface area contributed by atoms with Crippen molar-refractivity contribution in [2.45, 2.75) is 47.6 Å². The molecule has 9 heteroatoms. The smallest absolute Gasteiger partial charge is 0.173 e. The summed E-state index contributed by atoms with van der Waals surface area (Å²) in [7, 11) is 1.78. The number of rotatable bonds is 3. The van der Waals surface area contributed by atoms with Crippen LogP contribution in [-0.2, 0) is 7.05 Å². The van der Waals surface area contributed by atoms with E-state index in [1.807, 2.05) is 33.8 Å².